The van der Waals surface area contributed by atoms with Crippen molar-refractivity contribution >= 4 is 35.3 Å². The Labute approximate surface area is 174 Å². The lowest BCUT2D eigenvalue weighted by atomic mass is 9.96. The number of nitrogens with zero attached hydrogens (tertiary/aromatic N) is 3. The second-order valence-electron chi connectivity index (χ2n) is 6.37. The average Bonchev–Trinajstić information content (AvgIpc) is 3.07. The van der Waals surface area contributed by atoms with Gasteiger partial charge in [-0.3, -0.25) is 0 Å². The van der Waals surface area contributed by atoms with E-state index in [0.29, 0.717) is 27.4 Å². The minimum absolute atomic E-state index is 0.139. The van der Waals surface area contributed by atoms with E-state index in [1.54, 1.807) is 28.6 Å². The number of unbranched alkanes of at least 4 members (excludes halogenated alkanes) is 1. The predicted octanol–water partition coefficient (Wildman–Crippen LogP) is 4.84. The number of aromatic nitrogens is 3. The van der Waals surface area contributed by atoms with Crippen molar-refractivity contribution in [2.75, 3.05) is 17.7 Å². The van der Waals surface area contributed by atoms with E-state index >= 15 is 0 Å². The van der Waals surface area contributed by atoms with Gasteiger partial charge in [0.1, 0.15) is 12.6 Å². The lowest BCUT2D eigenvalue weighted by molar-refractivity contribution is -0.138. The van der Waals surface area contributed by atoms with E-state index in [-0.39, 0.29) is 6.61 Å². The number of benzene rings is 1. The Morgan fingerprint density at radius 2 is 2.32 bits per heavy atom. The lowest BCUT2D eigenvalue weighted by Gasteiger charge is -2.28. The Morgan fingerprint density at radius 3 is 3.04 bits per heavy atom. The molecule has 1 atom stereocenters. The van der Waals surface area contributed by atoms with E-state index in [1.807, 2.05) is 25.1 Å². The molecule has 1 unspecified atom stereocenters. The van der Waals surface area contributed by atoms with Gasteiger partial charge in [-0.1, -0.05) is 61.5 Å². The number of anilines is 1. The third-order valence-corrected chi connectivity index (χ3v) is 5.44. The van der Waals surface area contributed by atoms with Crippen LogP contribution in [0.15, 0.2) is 53.3 Å². The van der Waals surface area contributed by atoms with Crippen LogP contribution in [0.1, 0.15) is 38.3 Å². The topological polar surface area (TPSA) is 69.0 Å². The normalized spacial score (nSPS) is 15.8. The SMILES string of the molecule is C=CCOC(=O)C1=C(C)Nc2nc(SCCCC)nn2C1c1cccc(Cl)c1. The van der Waals surface area contributed by atoms with Crippen LogP contribution in [-0.4, -0.2) is 33.1 Å². The number of fused-ring (bicyclic) bond motifs is 1. The molecule has 6 nitrogen and oxygen atoms in total. The summed E-state index contributed by atoms with van der Waals surface area (Å²) < 4.78 is 7.06. The van der Waals surface area contributed by atoms with Crippen molar-refractivity contribution in [3.05, 3.63) is 58.8 Å². The molecule has 1 aromatic carbocycles. The smallest absolute Gasteiger partial charge is 0.338 e. The van der Waals surface area contributed by atoms with Crippen molar-refractivity contribution < 1.29 is 9.53 Å². The molecule has 2 heterocycles. The van der Waals surface area contributed by atoms with Crippen LogP contribution in [0.5, 0.6) is 0 Å². The molecule has 8 heteroatoms. The first-order valence-corrected chi connectivity index (χ1v) is 10.5. The maximum Gasteiger partial charge on any atom is 0.338 e. The largest absolute Gasteiger partial charge is 0.458 e. The molecule has 1 aliphatic heterocycles. The van der Waals surface area contributed by atoms with Crippen LogP contribution in [-0.2, 0) is 9.53 Å². The van der Waals surface area contributed by atoms with E-state index in [1.165, 1.54) is 0 Å². The summed E-state index contributed by atoms with van der Waals surface area (Å²) in [6.45, 7) is 7.73. The van der Waals surface area contributed by atoms with E-state index in [2.05, 4.69) is 28.9 Å². The molecular formula is C20H23ClN4O2S. The van der Waals surface area contributed by atoms with Gasteiger partial charge in [0.25, 0.3) is 0 Å². The average molecular weight is 419 g/mol. The third kappa shape index (κ3) is 4.42. The first kappa shape index (κ1) is 20.5. The Balaban J connectivity index is 2.03. The molecule has 0 spiro atoms. The van der Waals surface area contributed by atoms with Crippen LogP contribution in [0.4, 0.5) is 5.95 Å². The Morgan fingerprint density at radius 1 is 1.50 bits per heavy atom. The highest BCUT2D eigenvalue weighted by molar-refractivity contribution is 7.99. The number of nitrogens with one attached hydrogen (secondary N) is 1. The van der Waals surface area contributed by atoms with Gasteiger partial charge in [0.2, 0.25) is 11.1 Å². The summed E-state index contributed by atoms with van der Waals surface area (Å²) in [5, 5.41) is 9.11. The van der Waals surface area contributed by atoms with Crippen LogP contribution in [0.25, 0.3) is 0 Å². The van der Waals surface area contributed by atoms with E-state index in [0.717, 1.165) is 24.2 Å². The zero-order valence-electron chi connectivity index (χ0n) is 15.9. The standard InChI is InChI=1S/C20H23ClN4O2S/c1-4-6-11-28-20-23-19-22-13(3)16(18(26)27-10-5-2)17(25(19)24-20)14-8-7-9-15(21)12-14/h5,7-9,12,17H,2,4,6,10-11H2,1,3H3,(H,22,23,24). The number of hydrogen-bond acceptors (Lipinski definition) is 6. The molecule has 1 aromatic heterocycles. The van der Waals surface area contributed by atoms with Gasteiger partial charge in [-0.15, -0.1) is 5.10 Å². The highest BCUT2D eigenvalue weighted by Crippen LogP contribution is 2.37. The van der Waals surface area contributed by atoms with Crippen LogP contribution < -0.4 is 5.32 Å². The Bertz CT molecular complexity index is 909. The highest BCUT2D eigenvalue weighted by atomic mass is 35.5. The van der Waals surface area contributed by atoms with Gasteiger partial charge in [0.15, 0.2) is 0 Å². The monoisotopic (exact) mass is 418 g/mol. The predicted molar refractivity (Wildman–Crippen MR) is 113 cm³/mol. The van der Waals surface area contributed by atoms with E-state index < -0.39 is 12.0 Å². The second kappa shape index (κ2) is 9.30. The summed E-state index contributed by atoms with van der Waals surface area (Å²) in [5.41, 5.74) is 2.01. The number of allylic oxidation sites excluding steroid dienone is 1. The van der Waals surface area contributed by atoms with Crippen molar-refractivity contribution in [3.63, 3.8) is 0 Å². The molecule has 0 saturated carbocycles. The van der Waals surface area contributed by atoms with Crippen LogP contribution in [0, 0.1) is 0 Å². The summed E-state index contributed by atoms with van der Waals surface area (Å²) in [6.07, 6.45) is 3.75. The lowest BCUT2D eigenvalue weighted by Crippen LogP contribution is -2.29. The molecule has 0 radical (unpaired) electrons. The van der Waals surface area contributed by atoms with Gasteiger partial charge >= 0.3 is 5.97 Å². The van der Waals surface area contributed by atoms with Gasteiger partial charge in [0, 0.05) is 16.5 Å². The molecule has 3 rings (SSSR count). The quantitative estimate of drug-likeness (QED) is 0.286. The summed E-state index contributed by atoms with van der Waals surface area (Å²) in [6, 6.07) is 6.94. The minimum Gasteiger partial charge on any atom is -0.458 e. The zero-order chi connectivity index (χ0) is 20.1. The number of ether oxygens (including phenoxy) is 1. The highest BCUT2D eigenvalue weighted by Gasteiger charge is 2.35. The fourth-order valence-corrected chi connectivity index (χ4v) is 4.07. The van der Waals surface area contributed by atoms with Crippen LogP contribution >= 0.6 is 23.4 Å². The van der Waals surface area contributed by atoms with E-state index in [9.17, 15) is 4.79 Å². The minimum atomic E-state index is -0.472. The number of hydrogen-bond donors (Lipinski definition) is 1. The summed E-state index contributed by atoms with van der Waals surface area (Å²) in [4.78, 5) is 17.4. The van der Waals surface area contributed by atoms with Crippen LogP contribution in [0.2, 0.25) is 5.02 Å². The van der Waals surface area contributed by atoms with Crippen LogP contribution in [0.3, 0.4) is 0 Å². The zero-order valence-corrected chi connectivity index (χ0v) is 17.5. The molecule has 1 N–H and O–H groups in total. The van der Waals surface area contributed by atoms with Crippen molar-refractivity contribution in [3.8, 4) is 0 Å². The summed E-state index contributed by atoms with van der Waals surface area (Å²) in [7, 11) is 0. The van der Waals surface area contributed by atoms with Crippen molar-refractivity contribution in [1.29, 1.82) is 0 Å². The van der Waals surface area contributed by atoms with Gasteiger partial charge in [-0.25, -0.2) is 9.48 Å². The molecule has 0 fully saturated rings. The van der Waals surface area contributed by atoms with E-state index in [4.69, 9.17) is 16.3 Å². The molecule has 148 valence electrons. The number of halogens is 1. The number of thioether (sulfide) groups is 1. The Hall–Kier alpha value is -2.25. The molecule has 28 heavy (non-hydrogen) atoms. The molecule has 0 aliphatic carbocycles. The first-order valence-electron chi connectivity index (χ1n) is 9.15. The second-order valence-corrected chi connectivity index (χ2v) is 7.87. The van der Waals surface area contributed by atoms with Gasteiger partial charge < -0.3 is 10.1 Å². The summed E-state index contributed by atoms with van der Waals surface area (Å²) >= 11 is 7.82. The van der Waals surface area contributed by atoms with Gasteiger partial charge in [0.05, 0.1) is 5.57 Å². The molecule has 1 aliphatic rings. The molecule has 0 bridgehead atoms. The molecule has 2 aromatic rings. The summed E-state index contributed by atoms with van der Waals surface area (Å²) in [5.74, 6) is 1.13. The number of rotatable bonds is 8. The molecule has 0 saturated heterocycles. The van der Waals surface area contributed by atoms with Gasteiger partial charge in [-0.2, -0.15) is 4.98 Å². The molecular weight excluding hydrogens is 396 g/mol. The Kier molecular flexibility index (Phi) is 6.80. The number of carbonyl (C=O) groups is 1. The van der Waals surface area contributed by atoms with Gasteiger partial charge in [-0.05, 0) is 31.0 Å². The van der Waals surface area contributed by atoms with Crippen molar-refractivity contribution in [2.24, 2.45) is 0 Å². The number of esters is 1. The fraction of sp³-hybridized carbons (Fsp3) is 0.350. The fourth-order valence-electron chi connectivity index (χ4n) is 2.96. The van der Waals surface area contributed by atoms with Crippen molar-refractivity contribution in [1.82, 2.24) is 14.8 Å². The maximum absolute atomic E-state index is 12.8. The third-order valence-electron chi connectivity index (χ3n) is 4.28. The number of carbonyl (C=O) groups excluding carboxylic acids is 1. The first-order chi connectivity index (χ1) is 13.5. The maximum atomic E-state index is 12.8. The molecule has 0 amide bonds. The van der Waals surface area contributed by atoms with Crippen molar-refractivity contribution in [2.45, 2.75) is 37.9 Å².